The summed E-state index contributed by atoms with van der Waals surface area (Å²) in [4.78, 5) is 17.9. The SMILES string of the molecule is Cc1c(O)nc(C2CC2C)[nH]c1=O. The van der Waals surface area contributed by atoms with Crippen molar-refractivity contribution in [1.82, 2.24) is 9.97 Å². The molecule has 2 atom stereocenters. The minimum absolute atomic E-state index is 0.141. The van der Waals surface area contributed by atoms with Crippen LogP contribution in [0.3, 0.4) is 0 Å². The normalized spacial score (nSPS) is 26.0. The van der Waals surface area contributed by atoms with Gasteiger partial charge in [0.1, 0.15) is 5.82 Å². The summed E-state index contributed by atoms with van der Waals surface area (Å²) in [5, 5.41) is 9.31. The molecule has 2 N–H and O–H groups in total. The molecule has 0 bridgehead atoms. The van der Waals surface area contributed by atoms with Gasteiger partial charge < -0.3 is 10.1 Å². The number of aromatic nitrogens is 2. The van der Waals surface area contributed by atoms with Crippen molar-refractivity contribution in [2.45, 2.75) is 26.2 Å². The van der Waals surface area contributed by atoms with Crippen LogP contribution in [0.2, 0.25) is 0 Å². The van der Waals surface area contributed by atoms with Gasteiger partial charge in [-0.1, -0.05) is 6.92 Å². The molecule has 1 aliphatic rings. The molecule has 1 aliphatic carbocycles. The Morgan fingerprint density at radius 1 is 1.62 bits per heavy atom. The highest BCUT2D eigenvalue weighted by molar-refractivity contribution is 5.23. The quantitative estimate of drug-likeness (QED) is 0.675. The Morgan fingerprint density at radius 3 is 2.69 bits per heavy atom. The van der Waals surface area contributed by atoms with E-state index in [1.54, 1.807) is 6.92 Å². The van der Waals surface area contributed by atoms with Crippen molar-refractivity contribution in [1.29, 1.82) is 0 Å². The van der Waals surface area contributed by atoms with E-state index in [9.17, 15) is 9.90 Å². The molecule has 0 saturated heterocycles. The second-order valence-corrected chi connectivity index (χ2v) is 3.72. The van der Waals surface area contributed by atoms with Gasteiger partial charge in [0.2, 0.25) is 5.88 Å². The fraction of sp³-hybridized carbons (Fsp3) is 0.556. The van der Waals surface area contributed by atoms with Gasteiger partial charge in [-0.15, -0.1) is 0 Å². The van der Waals surface area contributed by atoms with Crippen LogP contribution in [-0.4, -0.2) is 15.1 Å². The molecule has 70 valence electrons. The van der Waals surface area contributed by atoms with Crippen molar-refractivity contribution < 1.29 is 5.11 Å². The van der Waals surface area contributed by atoms with Gasteiger partial charge in [-0.05, 0) is 19.3 Å². The van der Waals surface area contributed by atoms with E-state index < -0.39 is 0 Å². The Labute approximate surface area is 75.6 Å². The first-order valence-corrected chi connectivity index (χ1v) is 4.39. The number of rotatable bonds is 1. The second-order valence-electron chi connectivity index (χ2n) is 3.72. The van der Waals surface area contributed by atoms with Gasteiger partial charge in [-0.2, -0.15) is 4.98 Å². The number of nitrogens with zero attached hydrogens (tertiary/aromatic N) is 1. The summed E-state index contributed by atoms with van der Waals surface area (Å²) in [6, 6.07) is 0. The molecule has 1 aromatic heterocycles. The maximum atomic E-state index is 11.2. The first-order chi connectivity index (χ1) is 6.09. The molecule has 1 saturated carbocycles. The molecule has 4 heteroatoms. The molecule has 0 radical (unpaired) electrons. The Hall–Kier alpha value is -1.32. The van der Waals surface area contributed by atoms with E-state index in [1.165, 1.54) is 0 Å². The predicted octanol–water partition coefficient (Wildman–Crippen LogP) is 0.907. The molecule has 0 aromatic carbocycles. The van der Waals surface area contributed by atoms with Crippen LogP contribution in [0.25, 0.3) is 0 Å². The first-order valence-electron chi connectivity index (χ1n) is 4.39. The summed E-state index contributed by atoms with van der Waals surface area (Å²) in [6.45, 7) is 3.66. The Bertz CT molecular complexity index is 397. The lowest BCUT2D eigenvalue weighted by molar-refractivity contribution is 0.442. The van der Waals surface area contributed by atoms with E-state index >= 15 is 0 Å². The van der Waals surface area contributed by atoms with Crippen molar-refractivity contribution in [2.75, 3.05) is 0 Å². The number of H-pyrrole nitrogens is 1. The standard InChI is InChI=1S/C9H12N2O2/c1-4-3-6(4)7-10-8(12)5(2)9(13)11-7/h4,6H,3H2,1-2H3,(H2,10,11,12,13). The average molecular weight is 180 g/mol. The average Bonchev–Trinajstić information content (AvgIpc) is 2.77. The van der Waals surface area contributed by atoms with Crippen LogP contribution in [0, 0.1) is 12.8 Å². The summed E-state index contributed by atoms with van der Waals surface area (Å²) in [7, 11) is 0. The van der Waals surface area contributed by atoms with Crippen LogP contribution in [0.4, 0.5) is 0 Å². The lowest BCUT2D eigenvalue weighted by Crippen LogP contribution is -2.13. The molecule has 13 heavy (non-hydrogen) atoms. The molecular formula is C9H12N2O2. The maximum absolute atomic E-state index is 11.2. The number of aromatic hydroxyl groups is 1. The fourth-order valence-corrected chi connectivity index (χ4v) is 1.42. The summed E-state index contributed by atoms with van der Waals surface area (Å²) < 4.78 is 0. The molecule has 1 heterocycles. The number of nitrogens with one attached hydrogen (secondary N) is 1. The first kappa shape index (κ1) is 8.29. The van der Waals surface area contributed by atoms with E-state index in [4.69, 9.17) is 0 Å². The molecule has 1 fully saturated rings. The number of hydrogen-bond acceptors (Lipinski definition) is 3. The van der Waals surface area contributed by atoms with Crippen molar-refractivity contribution >= 4 is 0 Å². The van der Waals surface area contributed by atoms with Crippen LogP contribution in [-0.2, 0) is 0 Å². The minimum Gasteiger partial charge on any atom is -0.493 e. The lowest BCUT2D eigenvalue weighted by atomic mass is 10.3. The Kier molecular flexibility index (Phi) is 1.65. The third-order valence-electron chi connectivity index (χ3n) is 2.60. The second kappa shape index (κ2) is 2.58. The summed E-state index contributed by atoms with van der Waals surface area (Å²) in [6.07, 6.45) is 1.05. The van der Waals surface area contributed by atoms with Gasteiger partial charge in [-0.3, -0.25) is 4.79 Å². The van der Waals surface area contributed by atoms with Crippen molar-refractivity contribution in [3.63, 3.8) is 0 Å². The van der Waals surface area contributed by atoms with Crippen LogP contribution >= 0.6 is 0 Å². The van der Waals surface area contributed by atoms with E-state index in [-0.39, 0.29) is 17.0 Å². The van der Waals surface area contributed by atoms with Gasteiger partial charge >= 0.3 is 0 Å². The topological polar surface area (TPSA) is 66.0 Å². The van der Waals surface area contributed by atoms with Crippen molar-refractivity contribution in [3.8, 4) is 5.88 Å². The summed E-state index contributed by atoms with van der Waals surface area (Å²) >= 11 is 0. The van der Waals surface area contributed by atoms with Gasteiger partial charge in [0.05, 0.1) is 5.56 Å². The highest BCUT2D eigenvalue weighted by atomic mass is 16.3. The molecule has 2 rings (SSSR count). The van der Waals surface area contributed by atoms with Crippen molar-refractivity contribution in [2.24, 2.45) is 5.92 Å². The van der Waals surface area contributed by atoms with Gasteiger partial charge in [-0.25, -0.2) is 0 Å². The van der Waals surface area contributed by atoms with Crippen molar-refractivity contribution in [3.05, 3.63) is 21.7 Å². The highest BCUT2D eigenvalue weighted by Crippen LogP contribution is 2.45. The van der Waals surface area contributed by atoms with Crippen LogP contribution in [0.15, 0.2) is 4.79 Å². The molecular weight excluding hydrogens is 168 g/mol. The summed E-state index contributed by atoms with van der Waals surface area (Å²) in [5.41, 5.74) is 0.0543. The van der Waals surface area contributed by atoms with Gasteiger partial charge in [0, 0.05) is 5.92 Å². The predicted molar refractivity (Wildman–Crippen MR) is 47.8 cm³/mol. The van der Waals surface area contributed by atoms with Gasteiger partial charge in [0.25, 0.3) is 5.56 Å². The molecule has 2 unspecified atom stereocenters. The van der Waals surface area contributed by atoms with Crippen LogP contribution in [0.1, 0.15) is 30.7 Å². The zero-order chi connectivity index (χ0) is 9.59. The third-order valence-corrected chi connectivity index (χ3v) is 2.60. The van der Waals surface area contributed by atoms with E-state index in [0.717, 1.165) is 6.42 Å². The van der Waals surface area contributed by atoms with E-state index in [2.05, 4.69) is 16.9 Å². The molecule has 1 aromatic rings. The number of aromatic amines is 1. The largest absolute Gasteiger partial charge is 0.493 e. The zero-order valence-electron chi connectivity index (χ0n) is 7.66. The zero-order valence-corrected chi connectivity index (χ0v) is 7.66. The third kappa shape index (κ3) is 1.32. The monoisotopic (exact) mass is 180 g/mol. The smallest absolute Gasteiger partial charge is 0.257 e. The number of hydrogen-bond donors (Lipinski definition) is 2. The molecule has 4 nitrogen and oxygen atoms in total. The van der Waals surface area contributed by atoms with Crippen LogP contribution < -0.4 is 5.56 Å². The molecule has 0 aliphatic heterocycles. The minimum atomic E-state index is -0.235. The Morgan fingerprint density at radius 2 is 2.23 bits per heavy atom. The van der Waals surface area contributed by atoms with Gasteiger partial charge in [0.15, 0.2) is 0 Å². The summed E-state index contributed by atoms with van der Waals surface area (Å²) in [5.74, 6) is 1.39. The van der Waals surface area contributed by atoms with E-state index in [1.807, 2.05) is 0 Å². The maximum Gasteiger partial charge on any atom is 0.257 e. The fourth-order valence-electron chi connectivity index (χ4n) is 1.42. The lowest BCUT2D eigenvalue weighted by Gasteiger charge is -2.00. The molecule has 0 amide bonds. The Balaban J connectivity index is 2.45. The van der Waals surface area contributed by atoms with Crippen LogP contribution in [0.5, 0.6) is 5.88 Å². The molecule has 0 spiro atoms. The van der Waals surface area contributed by atoms with E-state index in [0.29, 0.717) is 17.7 Å². The highest BCUT2D eigenvalue weighted by Gasteiger charge is 2.36.